The lowest BCUT2D eigenvalue weighted by atomic mass is 10.1. The molecule has 2 aromatic rings. The molecule has 0 bridgehead atoms. The average molecular weight is 413 g/mol. The summed E-state index contributed by atoms with van der Waals surface area (Å²) in [4.78, 5) is 7.24. The molecule has 1 aliphatic carbocycles. The highest BCUT2D eigenvalue weighted by atomic mass is 79.9. The highest BCUT2D eigenvalue weighted by molar-refractivity contribution is 9.10. The predicted octanol–water partition coefficient (Wildman–Crippen LogP) is 4.24. The van der Waals surface area contributed by atoms with E-state index in [4.69, 9.17) is 10.00 Å². The highest BCUT2D eigenvalue weighted by Gasteiger charge is 2.39. The minimum Gasteiger partial charge on any atom is -0.479 e. The Morgan fingerprint density at radius 3 is 2.76 bits per heavy atom. The standard InChI is InChI=1S/C16H12BrF3N4O/c1-25-15-12(7-21)22-13(16(18,19)20)14(24-15)23-11-6-5-8-9(11)3-2-4-10(8)17/h2-4,11H,5-6H2,1H3,(H,23,24)/t11-/m0/s1. The second kappa shape index (κ2) is 6.52. The number of fused-ring (bicyclic) bond motifs is 1. The van der Waals surface area contributed by atoms with E-state index in [9.17, 15) is 13.2 Å². The van der Waals surface area contributed by atoms with E-state index in [1.165, 1.54) is 7.11 Å². The zero-order valence-corrected chi connectivity index (χ0v) is 14.6. The van der Waals surface area contributed by atoms with Crippen molar-refractivity contribution in [3.05, 3.63) is 45.2 Å². The van der Waals surface area contributed by atoms with Crippen molar-refractivity contribution in [2.45, 2.75) is 25.1 Å². The minimum atomic E-state index is -4.74. The van der Waals surface area contributed by atoms with Gasteiger partial charge in [-0.3, -0.25) is 0 Å². The summed E-state index contributed by atoms with van der Waals surface area (Å²) in [6, 6.07) is 6.83. The molecule has 5 nitrogen and oxygen atoms in total. The topological polar surface area (TPSA) is 70.8 Å². The molecule has 25 heavy (non-hydrogen) atoms. The normalized spacial score (nSPS) is 16.2. The van der Waals surface area contributed by atoms with Gasteiger partial charge < -0.3 is 10.1 Å². The number of nitrogens with zero attached hydrogens (tertiary/aromatic N) is 3. The number of halogens is 4. The van der Waals surface area contributed by atoms with Crippen LogP contribution in [0.3, 0.4) is 0 Å². The lowest BCUT2D eigenvalue weighted by molar-refractivity contribution is -0.140. The first-order valence-electron chi connectivity index (χ1n) is 7.32. The number of anilines is 1. The van der Waals surface area contributed by atoms with Gasteiger partial charge in [-0.2, -0.15) is 23.4 Å². The SMILES string of the molecule is COc1nc(N[C@H]2CCc3c(Br)cccc32)c(C(F)(F)F)nc1C#N. The molecule has 9 heteroatoms. The van der Waals surface area contributed by atoms with Crippen molar-refractivity contribution in [2.24, 2.45) is 0 Å². The van der Waals surface area contributed by atoms with Gasteiger partial charge in [-0.25, -0.2) is 4.98 Å². The van der Waals surface area contributed by atoms with Crippen LogP contribution >= 0.6 is 15.9 Å². The van der Waals surface area contributed by atoms with Gasteiger partial charge in [-0.15, -0.1) is 0 Å². The summed E-state index contributed by atoms with van der Waals surface area (Å²) in [6.45, 7) is 0. The van der Waals surface area contributed by atoms with E-state index in [1.807, 2.05) is 18.2 Å². The Labute approximate surface area is 150 Å². The van der Waals surface area contributed by atoms with Crippen molar-refractivity contribution in [3.63, 3.8) is 0 Å². The van der Waals surface area contributed by atoms with Crippen LogP contribution in [0.4, 0.5) is 19.0 Å². The van der Waals surface area contributed by atoms with E-state index in [-0.39, 0.29) is 11.9 Å². The van der Waals surface area contributed by atoms with Crippen LogP contribution in [0.2, 0.25) is 0 Å². The molecular weight excluding hydrogens is 401 g/mol. The number of rotatable bonds is 3. The maximum Gasteiger partial charge on any atom is 0.437 e. The third kappa shape index (κ3) is 3.26. The number of benzene rings is 1. The second-order valence-electron chi connectivity index (χ2n) is 5.43. The number of nitriles is 1. The fourth-order valence-corrected chi connectivity index (χ4v) is 3.44. The summed E-state index contributed by atoms with van der Waals surface area (Å²) in [5, 5.41) is 11.8. The van der Waals surface area contributed by atoms with E-state index >= 15 is 0 Å². The van der Waals surface area contributed by atoms with Gasteiger partial charge in [-0.1, -0.05) is 28.1 Å². The van der Waals surface area contributed by atoms with Gasteiger partial charge in [0.15, 0.2) is 11.5 Å². The van der Waals surface area contributed by atoms with Crippen molar-refractivity contribution in [1.29, 1.82) is 5.26 Å². The number of ether oxygens (including phenoxy) is 1. The Morgan fingerprint density at radius 2 is 2.12 bits per heavy atom. The molecule has 1 heterocycles. The van der Waals surface area contributed by atoms with Gasteiger partial charge >= 0.3 is 6.18 Å². The summed E-state index contributed by atoms with van der Waals surface area (Å²) < 4.78 is 45.8. The summed E-state index contributed by atoms with van der Waals surface area (Å²) in [7, 11) is 1.23. The molecule has 0 fully saturated rings. The molecule has 1 aromatic heterocycles. The zero-order valence-electron chi connectivity index (χ0n) is 13.0. The monoisotopic (exact) mass is 412 g/mol. The summed E-state index contributed by atoms with van der Waals surface area (Å²) in [5.74, 6) is -0.688. The highest BCUT2D eigenvalue weighted by Crippen LogP contribution is 2.40. The molecule has 0 unspecified atom stereocenters. The first-order chi connectivity index (χ1) is 11.8. The third-order valence-corrected chi connectivity index (χ3v) is 4.70. The van der Waals surface area contributed by atoms with Crippen LogP contribution in [-0.2, 0) is 12.6 Å². The van der Waals surface area contributed by atoms with Crippen LogP contribution in [0, 0.1) is 11.3 Å². The van der Waals surface area contributed by atoms with Crippen molar-refractivity contribution in [1.82, 2.24) is 9.97 Å². The van der Waals surface area contributed by atoms with Gasteiger partial charge in [0.25, 0.3) is 5.88 Å². The van der Waals surface area contributed by atoms with Gasteiger partial charge in [0.2, 0.25) is 5.69 Å². The Balaban J connectivity index is 2.04. The van der Waals surface area contributed by atoms with Crippen LogP contribution in [0.1, 0.15) is 35.0 Å². The average Bonchev–Trinajstić information content (AvgIpc) is 2.98. The van der Waals surface area contributed by atoms with Gasteiger partial charge in [-0.05, 0) is 30.0 Å². The molecule has 0 aliphatic heterocycles. The molecule has 1 N–H and O–H groups in total. The van der Waals surface area contributed by atoms with Crippen LogP contribution < -0.4 is 10.1 Å². The summed E-state index contributed by atoms with van der Waals surface area (Å²) in [5.41, 5.74) is 0.234. The first kappa shape index (κ1) is 17.5. The summed E-state index contributed by atoms with van der Waals surface area (Å²) >= 11 is 3.46. The van der Waals surface area contributed by atoms with Crippen LogP contribution in [0.25, 0.3) is 0 Å². The van der Waals surface area contributed by atoms with Gasteiger partial charge in [0.1, 0.15) is 6.07 Å². The number of hydrogen-bond donors (Lipinski definition) is 1. The minimum absolute atomic E-state index is 0.245. The molecule has 0 saturated carbocycles. The number of aromatic nitrogens is 2. The molecule has 1 aromatic carbocycles. The largest absolute Gasteiger partial charge is 0.479 e. The van der Waals surface area contributed by atoms with E-state index in [2.05, 4.69) is 31.2 Å². The number of methoxy groups -OCH3 is 1. The molecule has 1 atom stereocenters. The number of alkyl halides is 3. The molecular formula is C16H12BrF3N4O. The Kier molecular flexibility index (Phi) is 4.56. The van der Waals surface area contributed by atoms with Crippen molar-refractivity contribution >= 4 is 21.7 Å². The van der Waals surface area contributed by atoms with Crippen LogP contribution in [-0.4, -0.2) is 17.1 Å². The molecule has 1 aliphatic rings. The van der Waals surface area contributed by atoms with E-state index in [0.29, 0.717) is 6.42 Å². The van der Waals surface area contributed by atoms with E-state index in [1.54, 1.807) is 6.07 Å². The Morgan fingerprint density at radius 1 is 1.36 bits per heavy atom. The van der Waals surface area contributed by atoms with Crippen LogP contribution in [0.15, 0.2) is 22.7 Å². The molecule has 0 spiro atoms. The number of hydrogen-bond acceptors (Lipinski definition) is 5. The quantitative estimate of drug-likeness (QED) is 0.816. The Bertz CT molecular complexity index is 864. The molecule has 130 valence electrons. The predicted molar refractivity (Wildman–Crippen MR) is 87.1 cm³/mol. The maximum atomic E-state index is 13.3. The second-order valence-corrected chi connectivity index (χ2v) is 6.29. The fourth-order valence-electron chi connectivity index (χ4n) is 2.86. The molecule has 0 saturated heterocycles. The molecule has 3 rings (SSSR count). The lowest BCUT2D eigenvalue weighted by Gasteiger charge is -2.19. The summed E-state index contributed by atoms with van der Waals surface area (Å²) in [6.07, 6.45) is -3.39. The Hall–Kier alpha value is -2.34. The van der Waals surface area contributed by atoms with Gasteiger partial charge in [0, 0.05) is 4.47 Å². The van der Waals surface area contributed by atoms with Gasteiger partial charge in [0.05, 0.1) is 13.2 Å². The molecule has 0 amide bonds. The fraction of sp³-hybridized carbons (Fsp3) is 0.312. The maximum absolute atomic E-state index is 13.3. The van der Waals surface area contributed by atoms with Crippen molar-refractivity contribution in [3.8, 4) is 11.9 Å². The first-order valence-corrected chi connectivity index (χ1v) is 8.11. The smallest absolute Gasteiger partial charge is 0.437 e. The van der Waals surface area contributed by atoms with E-state index in [0.717, 1.165) is 22.0 Å². The zero-order chi connectivity index (χ0) is 18.2. The number of nitrogens with one attached hydrogen (secondary N) is 1. The molecule has 0 radical (unpaired) electrons. The van der Waals surface area contributed by atoms with Crippen LogP contribution in [0.5, 0.6) is 5.88 Å². The lowest BCUT2D eigenvalue weighted by Crippen LogP contribution is -2.18. The van der Waals surface area contributed by atoms with Crippen molar-refractivity contribution < 1.29 is 17.9 Å². The van der Waals surface area contributed by atoms with Crippen molar-refractivity contribution in [2.75, 3.05) is 12.4 Å². The third-order valence-electron chi connectivity index (χ3n) is 3.96. The van der Waals surface area contributed by atoms with E-state index < -0.39 is 23.4 Å².